The van der Waals surface area contributed by atoms with Gasteiger partial charge in [0.15, 0.2) is 0 Å². The van der Waals surface area contributed by atoms with Crippen molar-refractivity contribution in [2.75, 3.05) is 6.54 Å². The first-order chi connectivity index (χ1) is 8.06. The van der Waals surface area contributed by atoms with E-state index in [0.717, 1.165) is 27.6 Å². The molecule has 1 heterocycles. The molecule has 0 aliphatic rings. The molecule has 0 saturated heterocycles. The van der Waals surface area contributed by atoms with Crippen molar-refractivity contribution >= 4 is 10.9 Å². The van der Waals surface area contributed by atoms with E-state index < -0.39 is 0 Å². The molecule has 3 N–H and O–H groups in total. The zero-order valence-corrected chi connectivity index (χ0v) is 10.6. The summed E-state index contributed by atoms with van der Waals surface area (Å²) in [7, 11) is 0. The van der Waals surface area contributed by atoms with E-state index in [1.807, 2.05) is 19.9 Å². The molecule has 2 aromatic rings. The minimum absolute atomic E-state index is 0.00542. The fourth-order valence-corrected chi connectivity index (χ4v) is 2.41. The predicted molar refractivity (Wildman–Crippen MR) is 71.5 cm³/mol. The van der Waals surface area contributed by atoms with Gasteiger partial charge < -0.3 is 10.7 Å². The van der Waals surface area contributed by atoms with Crippen LogP contribution < -0.4 is 11.3 Å². The van der Waals surface area contributed by atoms with Gasteiger partial charge in [0.05, 0.1) is 5.52 Å². The fourth-order valence-electron chi connectivity index (χ4n) is 2.41. The van der Waals surface area contributed by atoms with Crippen LogP contribution in [0.2, 0.25) is 0 Å². The van der Waals surface area contributed by atoms with E-state index in [2.05, 4.69) is 18.0 Å². The molecule has 0 spiro atoms. The number of benzene rings is 1. The maximum Gasteiger partial charge on any atom is 0.251 e. The molecule has 0 unspecified atom stereocenters. The molecule has 0 amide bonds. The summed E-state index contributed by atoms with van der Waals surface area (Å²) in [5.41, 5.74) is 10.7. The average Bonchev–Trinajstić information content (AvgIpc) is 2.29. The number of hydrogen-bond acceptors (Lipinski definition) is 2. The van der Waals surface area contributed by atoms with Gasteiger partial charge >= 0.3 is 0 Å². The quantitative estimate of drug-likeness (QED) is 0.828. The van der Waals surface area contributed by atoms with E-state index in [-0.39, 0.29) is 5.56 Å². The lowest BCUT2D eigenvalue weighted by Gasteiger charge is -2.12. The summed E-state index contributed by atoms with van der Waals surface area (Å²) in [5.74, 6) is 0. The number of H-pyrrole nitrogens is 1. The van der Waals surface area contributed by atoms with Crippen molar-refractivity contribution in [1.29, 1.82) is 0 Å². The van der Waals surface area contributed by atoms with Crippen LogP contribution in [0.1, 0.15) is 22.3 Å². The number of nitrogens with two attached hydrogens (primary N) is 1. The summed E-state index contributed by atoms with van der Waals surface area (Å²) >= 11 is 0. The standard InChI is InChI=1S/C14H18N2O/c1-8-4-5-9(2)13-12(8)10(3)11(6-7-15)14(17)16-13/h4-5H,6-7,15H2,1-3H3,(H,16,17). The lowest BCUT2D eigenvalue weighted by Crippen LogP contribution is -2.19. The number of fused-ring (bicyclic) bond motifs is 1. The van der Waals surface area contributed by atoms with Gasteiger partial charge in [-0.1, -0.05) is 12.1 Å². The molecule has 1 aromatic carbocycles. The lowest BCUT2D eigenvalue weighted by atomic mass is 9.97. The van der Waals surface area contributed by atoms with E-state index in [0.29, 0.717) is 13.0 Å². The number of pyridine rings is 1. The Balaban J connectivity index is 2.92. The third-order valence-corrected chi connectivity index (χ3v) is 3.36. The SMILES string of the molecule is Cc1ccc(C)c2c(C)c(CCN)c(=O)[nH]c12. The minimum atomic E-state index is -0.00542. The first-order valence-electron chi connectivity index (χ1n) is 5.88. The molecule has 1 aromatic heterocycles. The molecule has 0 aliphatic heterocycles. The summed E-state index contributed by atoms with van der Waals surface area (Å²) in [6.45, 7) is 6.59. The van der Waals surface area contributed by atoms with Gasteiger partial charge in [0, 0.05) is 10.9 Å². The first-order valence-corrected chi connectivity index (χ1v) is 5.88. The number of aromatic nitrogens is 1. The van der Waals surface area contributed by atoms with Crippen molar-refractivity contribution in [1.82, 2.24) is 4.98 Å². The molecule has 90 valence electrons. The number of aromatic amines is 1. The van der Waals surface area contributed by atoms with E-state index >= 15 is 0 Å². The van der Waals surface area contributed by atoms with Crippen molar-refractivity contribution < 1.29 is 0 Å². The van der Waals surface area contributed by atoms with Gasteiger partial charge in [-0.15, -0.1) is 0 Å². The Morgan fingerprint density at radius 1 is 1.18 bits per heavy atom. The Morgan fingerprint density at radius 2 is 1.82 bits per heavy atom. The Bertz CT molecular complexity index is 626. The fraction of sp³-hybridized carbons (Fsp3) is 0.357. The lowest BCUT2D eigenvalue weighted by molar-refractivity contribution is 0.937. The number of aryl methyl sites for hydroxylation is 3. The van der Waals surface area contributed by atoms with Crippen molar-refractivity contribution in [3.8, 4) is 0 Å². The summed E-state index contributed by atoms with van der Waals surface area (Å²) in [5, 5.41) is 1.16. The van der Waals surface area contributed by atoms with Gasteiger partial charge in [-0.25, -0.2) is 0 Å². The Morgan fingerprint density at radius 3 is 2.47 bits per heavy atom. The van der Waals surface area contributed by atoms with Crippen LogP contribution in [-0.4, -0.2) is 11.5 Å². The topological polar surface area (TPSA) is 58.9 Å². The predicted octanol–water partition coefficient (Wildman–Crippen LogP) is 1.95. The molecule has 3 heteroatoms. The smallest absolute Gasteiger partial charge is 0.251 e. The van der Waals surface area contributed by atoms with E-state index in [4.69, 9.17) is 5.73 Å². The Kier molecular flexibility index (Phi) is 3.03. The highest BCUT2D eigenvalue weighted by Gasteiger charge is 2.11. The van der Waals surface area contributed by atoms with Crippen LogP contribution >= 0.6 is 0 Å². The second-order valence-electron chi connectivity index (χ2n) is 4.55. The molecule has 0 fully saturated rings. The number of nitrogens with one attached hydrogen (secondary N) is 1. The third kappa shape index (κ3) is 1.87. The Labute approximate surface area is 101 Å². The van der Waals surface area contributed by atoms with Crippen LogP contribution in [0.3, 0.4) is 0 Å². The molecule has 0 radical (unpaired) electrons. The van der Waals surface area contributed by atoms with Gasteiger partial charge in [-0.2, -0.15) is 0 Å². The molecular weight excluding hydrogens is 212 g/mol. The normalized spacial score (nSPS) is 11.1. The van der Waals surface area contributed by atoms with Gasteiger partial charge in [0.1, 0.15) is 0 Å². The maximum atomic E-state index is 12.0. The highest BCUT2D eigenvalue weighted by Crippen LogP contribution is 2.24. The second kappa shape index (κ2) is 4.34. The largest absolute Gasteiger partial charge is 0.330 e. The molecule has 3 nitrogen and oxygen atoms in total. The summed E-state index contributed by atoms with van der Waals surface area (Å²) in [6, 6.07) is 4.13. The summed E-state index contributed by atoms with van der Waals surface area (Å²) in [4.78, 5) is 15.0. The highest BCUT2D eigenvalue weighted by molar-refractivity contribution is 5.88. The Hall–Kier alpha value is -1.61. The van der Waals surface area contributed by atoms with Crippen LogP contribution in [0.15, 0.2) is 16.9 Å². The molecule has 0 saturated carbocycles. The maximum absolute atomic E-state index is 12.0. The van der Waals surface area contributed by atoms with Crippen LogP contribution in [0.5, 0.6) is 0 Å². The zero-order chi connectivity index (χ0) is 12.6. The van der Waals surface area contributed by atoms with Crippen LogP contribution in [0, 0.1) is 20.8 Å². The number of hydrogen-bond donors (Lipinski definition) is 2. The molecule has 0 bridgehead atoms. The van der Waals surface area contributed by atoms with Gasteiger partial charge in [-0.05, 0) is 50.4 Å². The second-order valence-corrected chi connectivity index (χ2v) is 4.55. The van der Waals surface area contributed by atoms with Gasteiger partial charge in [-0.3, -0.25) is 4.79 Å². The van der Waals surface area contributed by atoms with Gasteiger partial charge in [0.25, 0.3) is 5.56 Å². The third-order valence-electron chi connectivity index (χ3n) is 3.36. The van der Waals surface area contributed by atoms with E-state index in [1.165, 1.54) is 5.56 Å². The van der Waals surface area contributed by atoms with Crippen LogP contribution in [-0.2, 0) is 6.42 Å². The highest BCUT2D eigenvalue weighted by atomic mass is 16.1. The first kappa shape index (κ1) is 11.9. The molecule has 0 aliphatic carbocycles. The van der Waals surface area contributed by atoms with Crippen molar-refractivity contribution in [2.45, 2.75) is 27.2 Å². The molecule has 2 rings (SSSR count). The summed E-state index contributed by atoms with van der Waals surface area (Å²) in [6.07, 6.45) is 0.629. The molecule has 0 atom stereocenters. The van der Waals surface area contributed by atoms with E-state index in [1.54, 1.807) is 0 Å². The average molecular weight is 230 g/mol. The van der Waals surface area contributed by atoms with Gasteiger partial charge in [0.2, 0.25) is 0 Å². The van der Waals surface area contributed by atoms with E-state index in [9.17, 15) is 4.79 Å². The summed E-state index contributed by atoms with van der Waals surface area (Å²) < 4.78 is 0. The van der Waals surface area contributed by atoms with Crippen molar-refractivity contribution in [2.24, 2.45) is 5.73 Å². The zero-order valence-electron chi connectivity index (χ0n) is 10.6. The van der Waals surface area contributed by atoms with Crippen LogP contribution in [0.4, 0.5) is 0 Å². The minimum Gasteiger partial charge on any atom is -0.330 e. The molecule has 17 heavy (non-hydrogen) atoms. The van der Waals surface area contributed by atoms with Crippen LogP contribution in [0.25, 0.3) is 10.9 Å². The molecular formula is C14H18N2O. The van der Waals surface area contributed by atoms with Crippen molar-refractivity contribution in [3.05, 3.63) is 44.7 Å². The monoisotopic (exact) mass is 230 g/mol. The number of rotatable bonds is 2. The van der Waals surface area contributed by atoms with Crippen molar-refractivity contribution in [3.63, 3.8) is 0 Å².